The highest BCUT2D eigenvalue weighted by Gasteiger charge is 2.24. The normalized spacial score (nSPS) is 12.7. The summed E-state index contributed by atoms with van der Waals surface area (Å²) >= 11 is 0. The van der Waals surface area contributed by atoms with E-state index < -0.39 is 18.0 Å². The fourth-order valence-electron chi connectivity index (χ4n) is 3.29. The molecule has 30 heavy (non-hydrogen) atoms. The van der Waals surface area contributed by atoms with Gasteiger partial charge in [0.2, 0.25) is 17.7 Å². The van der Waals surface area contributed by atoms with E-state index in [9.17, 15) is 14.4 Å². The van der Waals surface area contributed by atoms with Crippen LogP contribution in [-0.4, -0.2) is 34.8 Å². The van der Waals surface area contributed by atoms with Gasteiger partial charge in [0.15, 0.2) is 0 Å². The molecule has 7 heteroatoms. The number of aromatic amines is 1. The van der Waals surface area contributed by atoms with Crippen LogP contribution in [0, 0.1) is 0 Å². The van der Waals surface area contributed by atoms with E-state index >= 15 is 0 Å². The van der Waals surface area contributed by atoms with Crippen molar-refractivity contribution in [1.29, 1.82) is 0 Å². The summed E-state index contributed by atoms with van der Waals surface area (Å²) in [6.07, 6.45) is 2.15. The molecular formula is C23H26N4O3. The van der Waals surface area contributed by atoms with Gasteiger partial charge in [-0.05, 0) is 24.1 Å². The van der Waals surface area contributed by atoms with E-state index in [1.807, 2.05) is 60.8 Å². The van der Waals surface area contributed by atoms with Gasteiger partial charge in [-0.1, -0.05) is 48.5 Å². The monoisotopic (exact) mass is 406 g/mol. The van der Waals surface area contributed by atoms with Crippen LogP contribution in [0.1, 0.15) is 25.0 Å². The molecule has 0 radical (unpaired) electrons. The quantitative estimate of drug-likeness (QED) is 0.460. The number of hydrogen-bond donors (Lipinski definition) is 4. The van der Waals surface area contributed by atoms with Crippen molar-refractivity contribution in [3.8, 4) is 0 Å². The molecule has 2 aromatic carbocycles. The molecule has 156 valence electrons. The summed E-state index contributed by atoms with van der Waals surface area (Å²) in [6.45, 7) is 3.37. The molecule has 0 saturated carbocycles. The lowest BCUT2D eigenvalue weighted by molar-refractivity contribution is -0.131. The van der Waals surface area contributed by atoms with Crippen LogP contribution in [-0.2, 0) is 27.3 Å². The number of fused-ring (bicyclic) bond motifs is 1. The average molecular weight is 406 g/mol. The summed E-state index contributed by atoms with van der Waals surface area (Å²) in [7, 11) is 0. The first-order valence-electron chi connectivity index (χ1n) is 9.88. The Morgan fingerprint density at radius 2 is 1.63 bits per heavy atom. The Morgan fingerprint density at radius 3 is 2.37 bits per heavy atom. The fourth-order valence-corrected chi connectivity index (χ4v) is 3.29. The number of carbonyl (C=O) groups is 3. The SMILES string of the molecule is CC(=O)NC(Cc1c[nH]c2ccccc12)C(=O)NC(C)C(=O)NCc1ccccc1. The summed E-state index contributed by atoms with van der Waals surface area (Å²) in [5.41, 5.74) is 2.85. The molecule has 3 rings (SSSR count). The molecule has 3 aromatic rings. The molecule has 7 nitrogen and oxygen atoms in total. The minimum absolute atomic E-state index is 0.291. The van der Waals surface area contributed by atoms with Gasteiger partial charge in [-0.2, -0.15) is 0 Å². The van der Waals surface area contributed by atoms with Crippen LogP contribution >= 0.6 is 0 Å². The zero-order chi connectivity index (χ0) is 21.5. The number of H-pyrrole nitrogens is 1. The van der Waals surface area contributed by atoms with Gasteiger partial charge in [-0.25, -0.2) is 0 Å². The highest BCUT2D eigenvalue weighted by Crippen LogP contribution is 2.19. The summed E-state index contributed by atoms with van der Waals surface area (Å²) < 4.78 is 0. The number of aromatic nitrogens is 1. The zero-order valence-corrected chi connectivity index (χ0v) is 17.1. The van der Waals surface area contributed by atoms with E-state index in [0.29, 0.717) is 13.0 Å². The Hall–Kier alpha value is -3.61. The number of rotatable bonds is 8. The Bertz CT molecular complexity index is 1030. The van der Waals surface area contributed by atoms with E-state index in [2.05, 4.69) is 20.9 Å². The number of benzene rings is 2. The molecule has 2 atom stereocenters. The van der Waals surface area contributed by atoms with Crippen LogP contribution < -0.4 is 16.0 Å². The maximum Gasteiger partial charge on any atom is 0.243 e. The summed E-state index contributed by atoms with van der Waals surface area (Å²) in [5, 5.41) is 9.20. The van der Waals surface area contributed by atoms with Gasteiger partial charge >= 0.3 is 0 Å². The van der Waals surface area contributed by atoms with E-state index in [0.717, 1.165) is 22.0 Å². The zero-order valence-electron chi connectivity index (χ0n) is 17.1. The molecule has 2 unspecified atom stereocenters. The molecule has 0 spiro atoms. The molecule has 0 aliphatic carbocycles. The molecule has 0 saturated heterocycles. The molecule has 0 aliphatic heterocycles. The lowest BCUT2D eigenvalue weighted by Gasteiger charge is -2.20. The fraction of sp³-hybridized carbons (Fsp3) is 0.261. The van der Waals surface area contributed by atoms with Crippen LogP contribution in [0.3, 0.4) is 0 Å². The first kappa shape index (κ1) is 21.1. The van der Waals surface area contributed by atoms with Gasteiger partial charge in [0.25, 0.3) is 0 Å². The lowest BCUT2D eigenvalue weighted by Crippen LogP contribution is -2.53. The van der Waals surface area contributed by atoms with Crippen molar-refractivity contribution in [3.63, 3.8) is 0 Å². The van der Waals surface area contributed by atoms with Crippen molar-refractivity contribution >= 4 is 28.6 Å². The van der Waals surface area contributed by atoms with Crippen LogP contribution in [0.5, 0.6) is 0 Å². The van der Waals surface area contributed by atoms with Crippen molar-refractivity contribution in [3.05, 3.63) is 71.9 Å². The van der Waals surface area contributed by atoms with Gasteiger partial charge in [0.1, 0.15) is 12.1 Å². The topological polar surface area (TPSA) is 103 Å². The third kappa shape index (κ3) is 5.47. The summed E-state index contributed by atoms with van der Waals surface area (Å²) in [5.74, 6) is -1.00. The Morgan fingerprint density at radius 1 is 0.933 bits per heavy atom. The van der Waals surface area contributed by atoms with Crippen molar-refractivity contribution in [2.75, 3.05) is 0 Å². The second-order valence-electron chi connectivity index (χ2n) is 7.25. The third-order valence-corrected chi connectivity index (χ3v) is 4.85. The Labute approximate surface area is 175 Å². The van der Waals surface area contributed by atoms with Crippen LogP contribution in [0.4, 0.5) is 0 Å². The molecular weight excluding hydrogens is 380 g/mol. The average Bonchev–Trinajstić information content (AvgIpc) is 3.14. The minimum Gasteiger partial charge on any atom is -0.361 e. The standard InChI is InChI=1S/C23H26N4O3/c1-15(22(29)25-13-17-8-4-3-5-9-17)26-23(30)21(27-16(2)28)12-18-14-24-20-11-7-6-10-19(18)20/h3-11,14-15,21,24H,12-13H2,1-2H3,(H,25,29)(H,26,30)(H,27,28). The van der Waals surface area contributed by atoms with Gasteiger partial charge in [0.05, 0.1) is 0 Å². The molecule has 3 amide bonds. The molecule has 4 N–H and O–H groups in total. The van der Waals surface area contributed by atoms with Crippen LogP contribution in [0.15, 0.2) is 60.8 Å². The molecule has 0 fully saturated rings. The smallest absolute Gasteiger partial charge is 0.243 e. The highest BCUT2D eigenvalue weighted by atomic mass is 16.2. The molecule has 0 bridgehead atoms. The Kier molecular flexibility index (Phi) is 6.85. The maximum atomic E-state index is 12.8. The molecule has 1 heterocycles. The molecule has 0 aliphatic rings. The van der Waals surface area contributed by atoms with Crippen molar-refractivity contribution in [2.45, 2.75) is 38.9 Å². The first-order valence-corrected chi connectivity index (χ1v) is 9.88. The predicted octanol–water partition coefficient (Wildman–Crippen LogP) is 2.04. The lowest BCUT2D eigenvalue weighted by atomic mass is 10.0. The largest absolute Gasteiger partial charge is 0.361 e. The maximum absolute atomic E-state index is 12.8. The number of nitrogens with one attached hydrogen (secondary N) is 4. The number of carbonyl (C=O) groups excluding carboxylic acids is 3. The number of hydrogen-bond acceptors (Lipinski definition) is 3. The van der Waals surface area contributed by atoms with E-state index in [1.165, 1.54) is 6.92 Å². The van der Waals surface area contributed by atoms with Gasteiger partial charge < -0.3 is 20.9 Å². The van der Waals surface area contributed by atoms with Gasteiger partial charge in [-0.3, -0.25) is 14.4 Å². The second-order valence-corrected chi connectivity index (χ2v) is 7.25. The molecule has 1 aromatic heterocycles. The third-order valence-electron chi connectivity index (χ3n) is 4.85. The highest BCUT2D eigenvalue weighted by molar-refractivity contribution is 5.92. The van der Waals surface area contributed by atoms with Gasteiger partial charge in [-0.15, -0.1) is 0 Å². The van der Waals surface area contributed by atoms with Crippen LogP contribution in [0.25, 0.3) is 10.9 Å². The van der Waals surface area contributed by atoms with Crippen molar-refractivity contribution < 1.29 is 14.4 Å². The van der Waals surface area contributed by atoms with E-state index in [-0.39, 0.29) is 11.8 Å². The van der Waals surface area contributed by atoms with Crippen LogP contribution in [0.2, 0.25) is 0 Å². The first-order chi connectivity index (χ1) is 14.4. The summed E-state index contributed by atoms with van der Waals surface area (Å²) in [4.78, 5) is 40.0. The van der Waals surface area contributed by atoms with E-state index in [4.69, 9.17) is 0 Å². The predicted molar refractivity (Wildman–Crippen MR) is 116 cm³/mol. The van der Waals surface area contributed by atoms with E-state index in [1.54, 1.807) is 6.92 Å². The van der Waals surface area contributed by atoms with Crippen molar-refractivity contribution in [1.82, 2.24) is 20.9 Å². The number of para-hydroxylation sites is 1. The minimum atomic E-state index is -0.786. The van der Waals surface area contributed by atoms with Crippen molar-refractivity contribution in [2.24, 2.45) is 0 Å². The second kappa shape index (κ2) is 9.73. The van der Waals surface area contributed by atoms with Gasteiger partial charge in [0, 0.05) is 37.0 Å². The summed E-state index contributed by atoms with van der Waals surface area (Å²) in [6, 6.07) is 15.8. The number of amides is 3. The Balaban J connectivity index is 1.63.